The molecule has 25 heavy (non-hydrogen) atoms. The Morgan fingerprint density at radius 2 is 1.84 bits per heavy atom. The maximum absolute atomic E-state index is 12.9. The van der Waals surface area contributed by atoms with E-state index < -0.39 is 10.0 Å². The number of hydrogen-bond acceptors (Lipinski definition) is 4. The molecule has 0 unspecified atom stereocenters. The number of carbonyl (C=O) groups is 1. The highest BCUT2D eigenvalue weighted by Crippen LogP contribution is 2.33. The van der Waals surface area contributed by atoms with Crippen molar-refractivity contribution >= 4 is 21.6 Å². The Kier molecular flexibility index (Phi) is 3.92. The Hall–Kier alpha value is -2.12. The summed E-state index contributed by atoms with van der Waals surface area (Å²) in [7, 11) is -3.65. The van der Waals surface area contributed by atoms with E-state index >= 15 is 0 Å². The second kappa shape index (κ2) is 6.00. The molecule has 7 heteroatoms. The quantitative estimate of drug-likeness (QED) is 0.844. The van der Waals surface area contributed by atoms with Gasteiger partial charge in [-0.05, 0) is 49.9 Å². The average Bonchev–Trinajstić information content (AvgIpc) is 3.33. The molecule has 1 aromatic carbocycles. The van der Waals surface area contributed by atoms with Crippen LogP contribution in [-0.2, 0) is 16.4 Å². The summed E-state index contributed by atoms with van der Waals surface area (Å²) in [6, 6.07) is 10.6. The number of benzene rings is 1. The predicted octanol–water partition coefficient (Wildman–Crippen LogP) is 2.66. The zero-order valence-corrected chi connectivity index (χ0v) is 14.8. The third-order valence-electron chi connectivity index (χ3n) is 4.88. The summed E-state index contributed by atoms with van der Waals surface area (Å²) in [6.07, 6.45) is 2.49. The Bertz CT molecular complexity index is 913. The number of nitrogens with zero attached hydrogens (tertiary/aromatic N) is 2. The van der Waals surface area contributed by atoms with Crippen molar-refractivity contribution in [3.63, 3.8) is 0 Å². The Labute approximate surface area is 147 Å². The standard InChI is InChI=1S/C18H20N2O4S/c1-13-12-14-6-2-3-7-15(14)20(13)18(21)16-8-9-17(24-16)25(22,23)19-10-4-5-11-19/h2-3,6-9,13H,4-5,10-12H2,1H3/t13-/m1/s1. The van der Waals surface area contributed by atoms with E-state index in [2.05, 4.69) is 0 Å². The van der Waals surface area contributed by atoms with E-state index in [9.17, 15) is 13.2 Å². The third kappa shape index (κ3) is 2.67. The Balaban J connectivity index is 1.63. The lowest BCUT2D eigenvalue weighted by molar-refractivity contribution is 0.0949. The van der Waals surface area contributed by atoms with Crippen LogP contribution in [0.15, 0.2) is 45.9 Å². The zero-order chi connectivity index (χ0) is 17.6. The molecule has 3 heterocycles. The summed E-state index contributed by atoms with van der Waals surface area (Å²) in [5.41, 5.74) is 1.97. The fourth-order valence-corrected chi connectivity index (χ4v) is 5.05. The molecule has 1 aromatic heterocycles. The molecule has 0 radical (unpaired) electrons. The van der Waals surface area contributed by atoms with E-state index in [1.165, 1.54) is 16.4 Å². The second-order valence-electron chi connectivity index (χ2n) is 6.59. The number of hydrogen-bond donors (Lipinski definition) is 0. The Morgan fingerprint density at radius 1 is 1.12 bits per heavy atom. The van der Waals surface area contributed by atoms with Gasteiger partial charge < -0.3 is 9.32 Å². The smallest absolute Gasteiger partial charge is 0.294 e. The number of amides is 1. The molecule has 2 aliphatic heterocycles. The molecule has 132 valence electrons. The highest BCUT2D eigenvalue weighted by atomic mass is 32.2. The lowest BCUT2D eigenvalue weighted by Crippen LogP contribution is -2.35. The summed E-state index contributed by atoms with van der Waals surface area (Å²) in [5.74, 6) is -0.248. The molecule has 2 aliphatic rings. The molecule has 6 nitrogen and oxygen atoms in total. The van der Waals surface area contributed by atoms with Gasteiger partial charge in [-0.15, -0.1) is 0 Å². The maximum atomic E-state index is 12.9. The summed E-state index contributed by atoms with van der Waals surface area (Å²) >= 11 is 0. The van der Waals surface area contributed by atoms with Crippen LogP contribution in [0.5, 0.6) is 0 Å². The van der Waals surface area contributed by atoms with Crippen LogP contribution in [0, 0.1) is 0 Å². The molecule has 4 rings (SSSR count). The van der Waals surface area contributed by atoms with Crippen molar-refractivity contribution in [3.05, 3.63) is 47.7 Å². The topological polar surface area (TPSA) is 70.8 Å². The van der Waals surface area contributed by atoms with Crippen LogP contribution < -0.4 is 4.90 Å². The largest absolute Gasteiger partial charge is 0.438 e. The molecule has 1 amide bonds. The molecular weight excluding hydrogens is 340 g/mol. The molecule has 0 N–H and O–H groups in total. The molecule has 2 aromatic rings. The molecule has 1 atom stereocenters. The number of rotatable bonds is 3. The number of anilines is 1. The van der Waals surface area contributed by atoms with Crippen molar-refractivity contribution in [1.29, 1.82) is 0 Å². The lowest BCUT2D eigenvalue weighted by Gasteiger charge is -2.21. The first-order valence-corrected chi connectivity index (χ1v) is 9.94. The molecule has 0 saturated carbocycles. The summed E-state index contributed by atoms with van der Waals surface area (Å²) in [4.78, 5) is 14.6. The van der Waals surface area contributed by atoms with E-state index in [-0.39, 0.29) is 22.8 Å². The third-order valence-corrected chi connectivity index (χ3v) is 6.65. The minimum Gasteiger partial charge on any atom is -0.438 e. The number of carbonyl (C=O) groups excluding carboxylic acids is 1. The first kappa shape index (κ1) is 16.4. The monoisotopic (exact) mass is 360 g/mol. The minimum absolute atomic E-state index is 0.00800. The maximum Gasteiger partial charge on any atom is 0.294 e. The van der Waals surface area contributed by atoms with Crippen LogP contribution in [0.2, 0.25) is 0 Å². The number of fused-ring (bicyclic) bond motifs is 1. The van der Waals surface area contributed by atoms with Crippen molar-refractivity contribution in [2.24, 2.45) is 0 Å². The number of para-hydroxylation sites is 1. The first-order chi connectivity index (χ1) is 12.0. The van der Waals surface area contributed by atoms with Gasteiger partial charge in [-0.25, -0.2) is 8.42 Å². The van der Waals surface area contributed by atoms with Crippen molar-refractivity contribution in [3.8, 4) is 0 Å². The molecule has 0 spiro atoms. The van der Waals surface area contributed by atoms with Gasteiger partial charge in [-0.3, -0.25) is 4.79 Å². The van der Waals surface area contributed by atoms with Gasteiger partial charge in [0.2, 0.25) is 5.09 Å². The van der Waals surface area contributed by atoms with Crippen LogP contribution in [0.3, 0.4) is 0 Å². The van der Waals surface area contributed by atoms with Gasteiger partial charge in [0.15, 0.2) is 5.76 Å². The van der Waals surface area contributed by atoms with Gasteiger partial charge in [0.1, 0.15) is 0 Å². The van der Waals surface area contributed by atoms with Gasteiger partial charge in [-0.2, -0.15) is 4.31 Å². The molecule has 1 saturated heterocycles. The minimum atomic E-state index is -3.65. The van der Waals surface area contributed by atoms with E-state index in [1.54, 1.807) is 4.90 Å². The predicted molar refractivity (Wildman–Crippen MR) is 93.1 cm³/mol. The number of sulfonamides is 1. The Morgan fingerprint density at radius 3 is 2.60 bits per heavy atom. The highest BCUT2D eigenvalue weighted by Gasteiger charge is 2.35. The molecular formula is C18H20N2O4S. The van der Waals surface area contributed by atoms with E-state index in [0.29, 0.717) is 13.1 Å². The molecule has 1 fully saturated rings. The van der Waals surface area contributed by atoms with Crippen molar-refractivity contribution in [1.82, 2.24) is 4.31 Å². The zero-order valence-electron chi connectivity index (χ0n) is 14.0. The summed E-state index contributed by atoms with van der Waals surface area (Å²) in [6.45, 7) is 2.98. The second-order valence-corrected chi connectivity index (χ2v) is 8.46. The van der Waals surface area contributed by atoms with Crippen LogP contribution in [0.1, 0.15) is 35.9 Å². The van der Waals surface area contributed by atoms with Gasteiger partial charge in [0.05, 0.1) is 0 Å². The summed E-state index contributed by atoms with van der Waals surface area (Å²) < 4.78 is 32.0. The van der Waals surface area contributed by atoms with Crippen molar-refractivity contribution in [2.75, 3.05) is 18.0 Å². The first-order valence-electron chi connectivity index (χ1n) is 8.50. The van der Waals surface area contributed by atoms with Gasteiger partial charge >= 0.3 is 0 Å². The van der Waals surface area contributed by atoms with Crippen LogP contribution in [0.4, 0.5) is 5.69 Å². The number of furan rings is 1. The lowest BCUT2D eigenvalue weighted by atomic mass is 10.1. The fourth-order valence-electron chi connectivity index (χ4n) is 3.62. The van der Waals surface area contributed by atoms with E-state index in [0.717, 1.165) is 30.5 Å². The van der Waals surface area contributed by atoms with Crippen molar-refractivity contribution in [2.45, 2.75) is 37.3 Å². The summed E-state index contributed by atoms with van der Waals surface area (Å²) in [5, 5.41) is -0.155. The van der Waals surface area contributed by atoms with E-state index in [1.807, 2.05) is 31.2 Å². The van der Waals surface area contributed by atoms with Crippen LogP contribution in [0.25, 0.3) is 0 Å². The van der Waals surface area contributed by atoms with Gasteiger partial charge in [-0.1, -0.05) is 18.2 Å². The van der Waals surface area contributed by atoms with E-state index in [4.69, 9.17) is 4.42 Å². The normalized spacial score (nSPS) is 20.8. The average molecular weight is 360 g/mol. The van der Waals surface area contributed by atoms with Crippen LogP contribution in [-0.4, -0.2) is 37.8 Å². The molecule has 0 bridgehead atoms. The molecule has 0 aliphatic carbocycles. The van der Waals surface area contributed by atoms with Gasteiger partial charge in [0.25, 0.3) is 15.9 Å². The van der Waals surface area contributed by atoms with Crippen LogP contribution >= 0.6 is 0 Å². The van der Waals surface area contributed by atoms with Gasteiger partial charge in [0, 0.05) is 24.8 Å². The van der Waals surface area contributed by atoms with Crippen molar-refractivity contribution < 1.29 is 17.6 Å². The SMILES string of the molecule is C[C@@H]1Cc2ccccc2N1C(=O)c1ccc(S(=O)(=O)N2CCCC2)o1. The highest BCUT2D eigenvalue weighted by molar-refractivity contribution is 7.89. The fraction of sp³-hybridized carbons (Fsp3) is 0.389.